The third-order valence-corrected chi connectivity index (χ3v) is 3.05. The summed E-state index contributed by atoms with van der Waals surface area (Å²) in [7, 11) is 0. The van der Waals surface area contributed by atoms with Gasteiger partial charge in [0, 0.05) is 12.3 Å². The van der Waals surface area contributed by atoms with Crippen molar-refractivity contribution in [3.05, 3.63) is 28.8 Å². The van der Waals surface area contributed by atoms with E-state index in [4.69, 9.17) is 10.5 Å². The van der Waals surface area contributed by atoms with Gasteiger partial charge >= 0.3 is 5.51 Å². The topological polar surface area (TPSA) is 35.2 Å². The van der Waals surface area contributed by atoms with E-state index in [1.165, 1.54) is 0 Å². The minimum atomic E-state index is -4.20. The molecule has 1 aromatic carbocycles. The molecule has 0 saturated carbocycles. The predicted molar refractivity (Wildman–Crippen MR) is 67.8 cm³/mol. The molecule has 0 fully saturated rings. The van der Waals surface area contributed by atoms with E-state index in [0.717, 1.165) is 16.7 Å². The Morgan fingerprint density at radius 2 is 1.78 bits per heavy atom. The smallest absolute Gasteiger partial charge is 0.441 e. The van der Waals surface area contributed by atoms with Crippen molar-refractivity contribution in [2.75, 3.05) is 12.4 Å². The molecule has 0 aromatic heterocycles. The van der Waals surface area contributed by atoms with Crippen LogP contribution in [0.15, 0.2) is 12.1 Å². The summed E-state index contributed by atoms with van der Waals surface area (Å²) in [6.07, 6.45) is 0. The average molecular weight is 279 g/mol. The molecule has 0 spiro atoms. The van der Waals surface area contributed by atoms with E-state index >= 15 is 0 Å². The summed E-state index contributed by atoms with van der Waals surface area (Å²) in [4.78, 5) is 0. The Kier molecular flexibility index (Phi) is 5.34. The Morgan fingerprint density at radius 3 is 2.22 bits per heavy atom. The summed E-state index contributed by atoms with van der Waals surface area (Å²) in [6, 6.07) is 3.78. The van der Waals surface area contributed by atoms with Gasteiger partial charge in [0.05, 0.1) is 6.61 Å². The number of rotatable bonds is 5. The lowest BCUT2D eigenvalue weighted by Crippen LogP contribution is -2.09. The first-order chi connectivity index (χ1) is 8.33. The highest BCUT2D eigenvalue weighted by atomic mass is 32.2. The van der Waals surface area contributed by atoms with Crippen molar-refractivity contribution < 1.29 is 17.9 Å². The Balaban J connectivity index is 2.57. The molecule has 0 bridgehead atoms. The Hall–Kier alpha value is -0.880. The standard InChI is InChI=1S/C12H16F3NOS/c1-8-5-10(7-16)6-9(2)11(8)17-3-4-18-12(13,14)15/h5-6H,3-4,7,16H2,1-2H3. The maximum Gasteiger partial charge on any atom is 0.441 e. The number of nitrogens with two attached hydrogens (primary N) is 1. The van der Waals surface area contributed by atoms with Gasteiger partial charge in [0.1, 0.15) is 5.75 Å². The van der Waals surface area contributed by atoms with E-state index in [9.17, 15) is 13.2 Å². The quantitative estimate of drug-likeness (QED) is 0.839. The molecule has 0 aliphatic carbocycles. The molecule has 0 heterocycles. The SMILES string of the molecule is Cc1cc(CN)cc(C)c1OCCSC(F)(F)F. The summed E-state index contributed by atoms with van der Waals surface area (Å²) in [5, 5.41) is 0. The molecule has 2 N–H and O–H groups in total. The van der Waals surface area contributed by atoms with Crippen LogP contribution in [0.5, 0.6) is 5.75 Å². The average Bonchev–Trinajstić information content (AvgIpc) is 2.25. The summed E-state index contributed by atoms with van der Waals surface area (Å²) < 4.78 is 41.2. The van der Waals surface area contributed by atoms with Gasteiger partial charge in [0.15, 0.2) is 0 Å². The van der Waals surface area contributed by atoms with Crippen LogP contribution in [0.1, 0.15) is 16.7 Å². The molecule has 2 nitrogen and oxygen atoms in total. The van der Waals surface area contributed by atoms with Crippen LogP contribution in [0.25, 0.3) is 0 Å². The summed E-state index contributed by atoms with van der Waals surface area (Å²) in [5.41, 5.74) is 4.12. The van der Waals surface area contributed by atoms with Crippen molar-refractivity contribution in [1.82, 2.24) is 0 Å². The van der Waals surface area contributed by atoms with Gasteiger partial charge in [-0.2, -0.15) is 13.2 Å². The Labute approximate surface area is 109 Å². The summed E-state index contributed by atoms with van der Waals surface area (Å²) in [6.45, 7) is 4.19. The second-order valence-electron chi connectivity index (χ2n) is 3.91. The number of halogens is 3. The number of aryl methyl sites for hydroxylation is 2. The molecule has 1 rings (SSSR count). The molecular formula is C12H16F3NOS. The first-order valence-corrected chi connectivity index (χ1v) is 6.45. The molecule has 1 aromatic rings. The highest BCUT2D eigenvalue weighted by Gasteiger charge is 2.27. The molecule has 0 aliphatic rings. The molecule has 0 radical (unpaired) electrons. The minimum Gasteiger partial charge on any atom is -0.492 e. The van der Waals surface area contributed by atoms with Gasteiger partial charge < -0.3 is 10.5 Å². The number of benzene rings is 1. The lowest BCUT2D eigenvalue weighted by atomic mass is 10.1. The van der Waals surface area contributed by atoms with Crippen molar-refractivity contribution in [2.45, 2.75) is 25.9 Å². The molecule has 18 heavy (non-hydrogen) atoms. The maximum absolute atomic E-state index is 11.9. The first kappa shape index (κ1) is 15.2. The molecule has 0 unspecified atom stereocenters. The Morgan fingerprint density at radius 1 is 1.22 bits per heavy atom. The number of alkyl halides is 3. The van der Waals surface area contributed by atoms with Crippen LogP contribution >= 0.6 is 11.8 Å². The first-order valence-electron chi connectivity index (χ1n) is 5.47. The van der Waals surface area contributed by atoms with Crippen molar-refractivity contribution in [2.24, 2.45) is 5.73 Å². The van der Waals surface area contributed by atoms with Crippen LogP contribution in [-0.2, 0) is 6.54 Å². The molecule has 102 valence electrons. The summed E-state index contributed by atoms with van der Waals surface area (Å²) >= 11 is -0.0728. The zero-order chi connectivity index (χ0) is 13.8. The van der Waals surface area contributed by atoms with Gasteiger partial charge in [-0.15, -0.1) is 0 Å². The molecule has 0 saturated heterocycles. The highest BCUT2D eigenvalue weighted by molar-refractivity contribution is 8.00. The predicted octanol–water partition coefficient (Wildman–Crippen LogP) is 3.39. The van der Waals surface area contributed by atoms with Gasteiger partial charge in [0.25, 0.3) is 0 Å². The van der Waals surface area contributed by atoms with E-state index in [-0.39, 0.29) is 24.1 Å². The number of hydrogen-bond donors (Lipinski definition) is 1. The lowest BCUT2D eigenvalue weighted by molar-refractivity contribution is -0.0329. The fourth-order valence-corrected chi connectivity index (χ4v) is 2.08. The lowest BCUT2D eigenvalue weighted by Gasteiger charge is -2.14. The normalized spacial score (nSPS) is 11.7. The molecule has 0 aliphatic heterocycles. The molecule has 6 heteroatoms. The van der Waals surface area contributed by atoms with Crippen molar-refractivity contribution in [1.29, 1.82) is 0 Å². The van der Waals surface area contributed by atoms with Crippen molar-refractivity contribution >= 4 is 11.8 Å². The highest BCUT2D eigenvalue weighted by Crippen LogP contribution is 2.30. The van der Waals surface area contributed by atoms with Crippen LogP contribution in [-0.4, -0.2) is 17.9 Å². The van der Waals surface area contributed by atoms with Crippen molar-refractivity contribution in [3.63, 3.8) is 0 Å². The molecule has 0 atom stereocenters. The van der Waals surface area contributed by atoms with Crippen LogP contribution in [0.3, 0.4) is 0 Å². The van der Waals surface area contributed by atoms with Crippen LogP contribution in [0, 0.1) is 13.8 Å². The van der Waals surface area contributed by atoms with E-state index in [1.54, 1.807) is 0 Å². The minimum absolute atomic E-state index is 0.0355. The maximum atomic E-state index is 11.9. The number of thioether (sulfide) groups is 1. The van der Waals surface area contributed by atoms with Crippen LogP contribution in [0.2, 0.25) is 0 Å². The van der Waals surface area contributed by atoms with E-state index in [2.05, 4.69) is 0 Å². The molecule has 0 amide bonds. The third kappa shape index (κ3) is 4.78. The number of hydrogen-bond acceptors (Lipinski definition) is 3. The number of ether oxygens (including phenoxy) is 1. The Bertz CT molecular complexity index is 384. The van der Waals surface area contributed by atoms with Crippen LogP contribution < -0.4 is 10.5 Å². The van der Waals surface area contributed by atoms with Gasteiger partial charge in [-0.1, -0.05) is 12.1 Å². The van der Waals surface area contributed by atoms with E-state index in [0.29, 0.717) is 12.3 Å². The zero-order valence-electron chi connectivity index (χ0n) is 10.3. The van der Waals surface area contributed by atoms with Gasteiger partial charge in [-0.3, -0.25) is 0 Å². The van der Waals surface area contributed by atoms with Gasteiger partial charge in [-0.25, -0.2) is 0 Å². The second kappa shape index (κ2) is 6.33. The molecular weight excluding hydrogens is 263 g/mol. The fraction of sp³-hybridized carbons (Fsp3) is 0.500. The van der Waals surface area contributed by atoms with Gasteiger partial charge in [-0.05, 0) is 42.3 Å². The largest absolute Gasteiger partial charge is 0.492 e. The zero-order valence-corrected chi connectivity index (χ0v) is 11.1. The van der Waals surface area contributed by atoms with Gasteiger partial charge in [0.2, 0.25) is 0 Å². The third-order valence-electron chi connectivity index (χ3n) is 2.35. The van der Waals surface area contributed by atoms with E-state index in [1.807, 2.05) is 26.0 Å². The second-order valence-corrected chi connectivity index (χ2v) is 5.07. The summed E-state index contributed by atoms with van der Waals surface area (Å²) in [5.74, 6) is 0.538. The monoisotopic (exact) mass is 279 g/mol. The van der Waals surface area contributed by atoms with Crippen molar-refractivity contribution in [3.8, 4) is 5.75 Å². The van der Waals surface area contributed by atoms with Crippen LogP contribution in [0.4, 0.5) is 13.2 Å². The van der Waals surface area contributed by atoms with E-state index < -0.39 is 5.51 Å². The fourth-order valence-electron chi connectivity index (χ4n) is 1.69.